The van der Waals surface area contributed by atoms with Crippen molar-refractivity contribution in [3.8, 4) is 0 Å². The van der Waals surface area contributed by atoms with Crippen molar-refractivity contribution in [1.82, 2.24) is 5.32 Å². The van der Waals surface area contributed by atoms with Gasteiger partial charge in [0.15, 0.2) is 0 Å². The summed E-state index contributed by atoms with van der Waals surface area (Å²) >= 11 is 0. The molecule has 0 spiro atoms. The van der Waals surface area contributed by atoms with E-state index in [4.69, 9.17) is 0 Å². The standard InChI is InChI=1S/C10H21N/c1-9(2)7-8-11-10-5-3-4-6-10/h9-11H,3-8H2,1-2H3. The second-order valence-corrected chi connectivity index (χ2v) is 4.12. The molecule has 0 bridgehead atoms. The Labute approximate surface area is 70.6 Å². The van der Waals surface area contributed by atoms with Gasteiger partial charge in [0.25, 0.3) is 0 Å². The van der Waals surface area contributed by atoms with E-state index in [1.807, 2.05) is 0 Å². The van der Waals surface area contributed by atoms with E-state index >= 15 is 0 Å². The summed E-state index contributed by atoms with van der Waals surface area (Å²) in [5.41, 5.74) is 0. The zero-order valence-electron chi connectivity index (χ0n) is 7.90. The topological polar surface area (TPSA) is 12.0 Å². The highest BCUT2D eigenvalue weighted by Crippen LogP contribution is 2.17. The lowest BCUT2D eigenvalue weighted by Crippen LogP contribution is -2.27. The van der Waals surface area contributed by atoms with E-state index in [-0.39, 0.29) is 0 Å². The molecule has 0 amide bonds. The molecule has 0 aromatic rings. The van der Waals surface area contributed by atoms with Crippen LogP contribution in [0, 0.1) is 5.92 Å². The quantitative estimate of drug-likeness (QED) is 0.658. The monoisotopic (exact) mass is 155 g/mol. The lowest BCUT2D eigenvalue weighted by Gasteiger charge is -2.12. The molecule has 1 rings (SSSR count). The smallest absolute Gasteiger partial charge is 0.00670 e. The Bertz CT molecular complexity index is 93.0. The third kappa shape index (κ3) is 3.76. The number of hydrogen-bond donors (Lipinski definition) is 1. The summed E-state index contributed by atoms with van der Waals surface area (Å²) in [7, 11) is 0. The van der Waals surface area contributed by atoms with Gasteiger partial charge in [-0.3, -0.25) is 0 Å². The molecule has 0 aromatic heterocycles. The summed E-state index contributed by atoms with van der Waals surface area (Å²) in [6.07, 6.45) is 7.05. The molecule has 1 saturated carbocycles. The number of rotatable bonds is 4. The average molecular weight is 155 g/mol. The minimum absolute atomic E-state index is 0.851. The Morgan fingerprint density at radius 3 is 2.45 bits per heavy atom. The predicted octanol–water partition coefficient (Wildman–Crippen LogP) is 2.56. The third-order valence-electron chi connectivity index (χ3n) is 2.51. The van der Waals surface area contributed by atoms with Gasteiger partial charge in [-0.05, 0) is 31.7 Å². The summed E-state index contributed by atoms with van der Waals surface area (Å²) < 4.78 is 0. The van der Waals surface area contributed by atoms with Crippen LogP contribution in [0.25, 0.3) is 0 Å². The van der Waals surface area contributed by atoms with Crippen LogP contribution >= 0.6 is 0 Å². The van der Waals surface area contributed by atoms with Gasteiger partial charge in [0.1, 0.15) is 0 Å². The first-order valence-electron chi connectivity index (χ1n) is 5.02. The zero-order valence-corrected chi connectivity index (χ0v) is 7.90. The maximum atomic E-state index is 3.61. The van der Waals surface area contributed by atoms with E-state index in [1.165, 1.54) is 38.6 Å². The van der Waals surface area contributed by atoms with Gasteiger partial charge in [0, 0.05) is 6.04 Å². The Hall–Kier alpha value is -0.0400. The highest BCUT2D eigenvalue weighted by atomic mass is 14.9. The Morgan fingerprint density at radius 2 is 1.91 bits per heavy atom. The molecule has 1 heteroatoms. The van der Waals surface area contributed by atoms with Crippen molar-refractivity contribution in [3.05, 3.63) is 0 Å². The molecule has 66 valence electrons. The first-order valence-corrected chi connectivity index (χ1v) is 5.02. The van der Waals surface area contributed by atoms with Crippen molar-refractivity contribution in [2.75, 3.05) is 6.54 Å². The summed E-state index contributed by atoms with van der Waals surface area (Å²) in [6.45, 7) is 5.80. The van der Waals surface area contributed by atoms with Crippen LogP contribution in [-0.4, -0.2) is 12.6 Å². The van der Waals surface area contributed by atoms with E-state index in [0.29, 0.717) is 0 Å². The van der Waals surface area contributed by atoms with Gasteiger partial charge in [-0.2, -0.15) is 0 Å². The van der Waals surface area contributed by atoms with Crippen LogP contribution in [0.3, 0.4) is 0 Å². The molecular weight excluding hydrogens is 134 g/mol. The van der Waals surface area contributed by atoms with Crippen LogP contribution in [0.5, 0.6) is 0 Å². The first kappa shape index (κ1) is 9.05. The molecule has 0 saturated heterocycles. The normalized spacial score (nSPS) is 19.9. The van der Waals surface area contributed by atoms with Gasteiger partial charge in [-0.15, -0.1) is 0 Å². The highest BCUT2D eigenvalue weighted by molar-refractivity contribution is 4.73. The fraction of sp³-hybridized carbons (Fsp3) is 1.00. The molecule has 11 heavy (non-hydrogen) atoms. The van der Waals surface area contributed by atoms with Crippen LogP contribution in [0.15, 0.2) is 0 Å². The second-order valence-electron chi connectivity index (χ2n) is 4.12. The van der Waals surface area contributed by atoms with Gasteiger partial charge in [0.05, 0.1) is 0 Å². The SMILES string of the molecule is CC(C)CCNC1CCCC1. The molecule has 0 aliphatic heterocycles. The lowest BCUT2D eigenvalue weighted by atomic mass is 10.1. The van der Waals surface area contributed by atoms with E-state index in [2.05, 4.69) is 19.2 Å². The first-order chi connectivity index (χ1) is 5.29. The van der Waals surface area contributed by atoms with Gasteiger partial charge in [0.2, 0.25) is 0 Å². The van der Waals surface area contributed by atoms with Gasteiger partial charge >= 0.3 is 0 Å². The highest BCUT2D eigenvalue weighted by Gasteiger charge is 2.13. The average Bonchev–Trinajstić information content (AvgIpc) is 2.39. The Kier molecular flexibility index (Phi) is 3.92. The van der Waals surface area contributed by atoms with Crippen molar-refractivity contribution in [2.45, 2.75) is 52.0 Å². The number of hydrogen-bond acceptors (Lipinski definition) is 1. The molecule has 1 aliphatic carbocycles. The van der Waals surface area contributed by atoms with Crippen LogP contribution in [0.1, 0.15) is 46.0 Å². The molecule has 0 aromatic carbocycles. The number of nitrogens with one attached hydrogen (secondary N) is 1. The fourth-order valence-electron chi connectivity index (χ4n) is 1.71. The molecule has 0 heterocycles. The maximum absolute atomic E-state index is 3.61. The molecule has 1 aliphatic rings. The zero-order chi connectivity index (χ0) is 8.10. The van der Waals surface area contributed by atoms with Gasteiger partial charge < -0.3 is 5.32 Å². The Balaban J connectivity index is 1.94. The van der Waals surface area contributed by atoms with E-state index in [1.54, 1.807) is 0 Å². The van der Waals surface area contributed by atoms with E-state index < -0.39 is 0 Å². The van der Waals surface area contributed by atoms with Crippen molar-refractivity contribution in [3.63, 3.8) is 0 Å². The van der Waals surface area contributed by atoms with Crippen LogP contribution in [-0.2, 0) is 0 Å². The molecule has 0 radical (unpaired) electrons. The molecule has 0 unspecified atom stereocenters. The molecule has 1 fully saturated rings. The third-order valence-corrected chi connectivity index (χ3v) is 2.51. The molecule has 0 atom stereocenters. The predicted molar refractivity (Wildman–Crippen MR) is 49.7 cm³/mol. The van der Waals surface area contributed by atoms with Gasteiger partial charge in [-0.1, -0.05) is 26.7 Å². The van der Waals surface area contributed by atoms with Crippen LogP contribution < -0.4 is 5.32 Å². The molecule has 1 nitrogen and oxygen atoms in total. The van der Waals surface area contributed by atoms with Crippen molar-refractivity contribution < 1.29 is 0 Å². The lowest BCUT2D eigenvalue weighted by molar-refractivity contribution is 0.473. The minimum atomic E-state index is 0.851. The largest absolute Gasteiger partial charge is 0.314 e. The fourth-order valence-corrected chi connectivity index (χ4v) is 1.71. The van der Waals surface area contributed by atoms with Crippen LogP contribution in [0.2, 0.25) is 0 Å². The molecule has 1 N–H and O–H groups in total. The van der Waals surface area contributed by atoms with Crippen LogP contribution in [0.4, 0.5) is 0 Å². The van der Waals surface area contributed by atoms with E-state index in [0.717, 1.165) is 12.0 Å². The van der Waals surface area contributed by atoms with E-state index in [9.17, 15) is 0 Å². The van der Waals surface area contributed by atoms with Gasteiger partial charge in [-0.25, -0.2) is 0 Å². The minimum Gasteiger partial charge on any atom is -0.314 e. The summed E-state index contributed by atoms with van der Waals surface area (Å²) in [5.74, 6) is 0.851. The summed E-state index contributed by atoms with van der Waals surface area (Å²) in [5, 5.41) is 3.61. The second kappa shape index (κ2) is 4.76. The molecular formula is C10H21N. The maximum Gasteiger partial charge on any atom is 0.00670 e. The van der Waals surface area contributed by atoms with Crippen molar-refractivity contribution in [2.24, 2.45) is 5.92 Å². The summed E-state index contributed by atoms with van der Waals surface area (Å²) in [4.78, 5) is 0. The Morgan fingerprint density at radius 1 is 1.27 bits per heavy atom. The summed E-state index contributed by atoms with van der Waals surface area (Å²) in [6, 6.07) is 0.855. The van der Waals surface area contributed by atoms with Crippen molar-refractivity contribution >= 4 is 0 Å². The van der Waals surface area contributed by atoms with Crippen molar-refractivity contribution in [1.29, 1.82) is 0 Å².